The number of nitrogens with two attached hydrogens (primary N) is 3. The average Bonchev–Trinajstić information content (AvgIpc) is 3.31. The number of benzene rings is 4. The first-order valence-electron chi connectivity index (χ1n) is 23.3. The van der Waals surface area contributed by atoms with E-state index in [1.54, 1.807) is 62.5 Å². The van der Waals surface area contributed by atoms with Crippen molar-refractivity contribution in [2.24, 2.45) is 40.9 Å². The zero-order valence-corrected chi connectivity index (χ0v) is 40.2. The largest absolute Gasteiger partial charge is 0.492 e. The van der Waals surface area contributed by atoms with Crippen LogP contribution in [0.15, 0.2) is 84.9 Å². The Kier molecular flexibility index (Phi) is 19.4. The molecule has 8 N–H and O–H groups in total. The molecule has 5 unspecified atom stereocenters. The second kappa shape index (κ2) is 24.9. The Morgan fingerprint density at radius 2 is 1.39 bits per heavy atom. The normalized spacial score (nSPS) is 17.2. The monoisotopic (exact) mass is 934 g/mol. The zero-order chi connectivity index (χ0) is 48.8. The lowest BCUT2D eigenvalue weighted by atomic mass is 9.86. The minimum atomic E-state index is -1.20. The summed E-state index contributed by atoms with van der Waals surface area (Å²) in [5.41, 5.74) is 22.7. The number of ketones is 3. The summed E-state index contributed by atoms with van der Waals surface area (Å²) in [6.07, 6.45) is 1.36. The van der Waals surface area contributed by atoms with E-state index in [1.165, 1.54) is 4.90 Å². The molecule has 358 valence electrons. The Morgan fingerprint density at radius 3 is 1.99 bits per heavy atom. The van der Waals surface area contributed by atoms with Crippen LogP contribution >= 0.6 is 11.6 Å². The number of hydrogen-bond donors (Lipinski definition) is 5. The molecule has 2 amide bonds. The summed E-state index contributed by atoms with van der Waals surface area (Å²) in [4.78, 5) is 73.4. The second-order valence-corrected chi connectivity index (χ2v) is 18.4. The van der Waals surface area contributed by atoms with Gasteiger partial charge in [-0.2, -0.15) is 0 Å². The lowest BCUT2D eigenvalue weighted by Gasteiger charge is -2.32. The summed E-state index contributed by atoms with van der Waals surface area (Å²) in [5.74, 6) is -2.99. The number of nitrogens with one attached hydrogen (secondary N) is 2. The maximum Gasteiger partial charge on any atom is 0.226 e. The first kappa shape index (κ1) is 52.2. The lowest BCUT2D eigenvalue weighted by molar-refractivity contribution is -0.142. The minimum absolute atomic E-state index is 0.0393. The van der Waals surface area contributed by atoms with Gasteiger partial charge in [0, 0.05) is 84.6 Å². The highest BCUT2D eigenvalue weighted by molar-refractivity contribution is 6.30. The molecular formula is C53H67ClN6O7. The number of nitrogens with zero attached hydrogens (tertiary/aromatic N) is 1. The number of rotatable bonds is 21. The van der Waals surface area contributed by atoms with Crippen molar-refractivity contribution >= 4 is 46.5 Å². The Labute approximate surface area is 400 Å². The third-order valence-corrected chi connectivity index (χ3v) is 12.6. The van der Waals surface area contributed by atoms with Crippen molar-refractivity contribution in [3.05, 3.63) is 107 Å². The highest BCUT2D eigenvalue weighted by Gasteiger charge is 2.36. The molecular weight excluding hydrogens is 868 g/mol. The highest BCUT2D eigenvalue weighted by Crippen LogP contribution is 2.41. The van der Waals surface area contributed by atoms with Crippen molar-refractivity contribution in [2.75, 3.05) is 39.9 Å². The van der Waals surface area contributed by atoms with Crippen molar-refractivity contribution in [1.82, 2.24) is 10.2 Å². The Morgan fingerprint density at radius 1 is 0.791 bits per heavy atom. The number of fused-ring (bicyclic) bond motifs is 5. The van der Waals surface area contributed by atoms with Crippen LogP contribution < -0.4 is 32.0 Å². The molecule has 1 aliphatic heterocycles. The molecule has 0 aromatic heterocycles. The number of carbonyl (C=O) groups excluding carboxylic acids is 5. The molecule has 0 fully saturated rings. The van der Waals surface area contributed by atoms with Crippen molar-refractivity contribution < 1.29 is 33.4 Å². The first-order chi connectivity index (χ1) is 32.1. The SMILES string of the molecule is CC(C)C(=N)C(C)CC(=O)C1Cc2ccc(OCCN)c(c2)-c2cc(ccc2OCCN)C(N(C)C(=O)C(CCCCN)CC(=O)c2ccc(-c3ccc(Cl)cc3)cc2)C(=O)CC(C)C(=O)N1. The Balaban J connectivity index is 1.58. The zero-order valence-electron chi connectivity index (χ0n) is 39.4. The van der Waals surface area contributed by atoms with Crippen LogP contribution in [0.5, 0.6) is 11.5 Å². The van der Waals surface area contributed by atoms with Crippen molar-refractivity contribution in [2.45, 2.75) is 84.7 Å². The summed E-state index contributed by atoms with van der Waals surface area (Å²) in [5, 5.41) is 12.1. The van der Waals surface area contributed by atoms with Gasteiger partial charge in [0.05, 0.1) is 6.04 Å². The molecule has 4 aromatic carbocycles. The maximum absolute atomic E-state index is 14.9. The fraction of sp³-hybridized carbons (Fsp3) is 0.434. The molecule has 4 bridgehead atoms. The van der Waals surface area contributed by atoms with Crippen molar-refractivity contribution in [3.8, 4) is 33.8 Å². The van der Waals surface area contributed by atoms with Gasteiger partial charge in [-0.15, -0.1) is 0 Å². The van der Waals surface area contributed by atoms with E-state index in [0.29, 0.717) is 75.9 Å². The number of halogens is 1. The summed E-state index contributed by atoms with van der Waals surface area (Å²) in [6, 6.07) is 23.2. The molecule has 5 atom stereocenters. The molecule has 0 spiro atoms. The van der Waals surface area contributed by atoms with Crippen LogP contribution in [-0.2, 0) is 25.6 Å². The van der Waals surface area contributed by atoms with Crippen LogP contribution in [0, 0.1) is 29.1 Å². The summed E-state index contributed by atoms with van der Waals surface area (Å²) >= 11 is 6.09. The number of unbranched alkanes of at least 4 members (excludes halogenated alkanes) is 1. The number of ether oxygens (including phenoxy) is 2. The molecule has 5 rings (SSSR count). The molecule has 0 saturated carbocycles. The van der Waals surface area contributed by atoms with Gasteiger partial charge in [0.15, 0.2) is 17.3 Å². The predicted molar refractivity (Wildman–Crippen MR) is 264 cm³/mol. The van der Waals surface area contributed by atoms with Gasteiger partial charge in [-0.05, 0) is 90.4 Å². The van der Waals surface area contributed by atoms with E-state index in [-0.39, 0.29) is 75.4 Å². The summed E-state index contributed by atoms with van der Waals surface area (Å²) in [7, 11) is 1.56. The molecule has 0 saturated heterocycles. The van der Waals surface area contributed by atoms with Crippen LogP contribution in [0.4, 0.5) is 0 Å². The van der Waals surface area contributed by atoms with Crippen LogP contribution in [0.1, 0.15) is 93.7 Å². The average molecular weight is 936 g/mol. The van der Waals surface area contributed by atoms with Crippen LogP contribution in [-0.4, -0.2) is 85.7 Å². The van der Waals surface area contributed by atoms with E-state index in [1.807, 2.05) is 57.2 Å². The van der Waals surface area contributed by atoms with E-state index in [0.717, 1.165) is 11.1 Å². The molecule has 0 radical (unpaired) electrons. The lowest BCUT2D eigenvalue weighted by Crippen LogP contribution is -2.46. The number of hydrogen-bond acceptors (Lipinski definition) is 11. The number of likely N-dealkylation sites (N-methyl/N-ethyl adjacent to an activating group) is 1. The van der Waals surface area contributed by atoms with E-state index in [2.05, 4.69) is 5.32 Å². The van der Waals surface area contributed by atoms with Gasteiger partial charge in [0.1, 0.15) is 30.8 Å². The summed E-state index contributed by atoms with van der Waals surface area (Å²) < 4.78 is 12.4. The second-order valence-electron chi connectivity index (χ2n) is 17.9. The van der Waals surface area contributed by atoms with E-state index in [4.69, 9.17) is 43.7 Å². The molecule has 1 aliphatic rings. The molecule has 0 aliphatic carbocycles. The molecule has 1 heterocycles. The standard InChI is InChI=1S/C53H67ClN6O7/c1-32(2)50(58)33(3)26-46(62)44-29-35-9-19-48(66-24-22-56)42(28-35)43-30-39(16-20-49(43)67-25-23-57)51(47(63)27-34(4)52(64)59-44)60(5)53(65)40(8-6-7-21-55)31-45(61)38-12-10-36(11-13-38)37-14-17-41(54)18-15-37/h9-20,28,30,32-34,40,44,51,58H,6-8,21-27,29,31,55-57H2,1-5H3,(H,59,64). The van der Waals surface area contributed by atoms with E-state index in [9.17, 15) is 24.0 Å². The van der Waals surface area contributed by atoms with Crippen molar-refractivity contribution in [3.63, 3.8) is 0 Å². The number of carbonyl (C=O) groups is 5. The van der Waals surface area contributed by atoms with E-state index >= 15 is 0 Å². The van der Waals surface area contributed by atoms with Crippen molar-refractivity contribution in [1.29, 1.82) is 5.41 Å². The van der Waals surface area contributed by atoms with Gasteiger partial charge in [0.2, 0.25) is 11.8 Å². The smallest absolute Gasteiger partial charge is 0.226 e. The van der Waals surface area contributed by atoms with Gasteiger partial charge in [-0.3, -0.25) is 24.0 Å². The third-order valence-electron chi connectivity index (χ3n) is 12.4. The van der Waals surface area contributed by atoms with Crippen LogP contribution in [0.3, 0.4) is 0 Å². The van der Waals surface area contributed by atoms with Crippen LogP contribution in [0.25, 0.3) is 22.3 Å². The molecule has 13 nitrogen and oxygen atoms in total. The Hall–Kier alpha value is -5.73. The Bertz CT molecular complexity index is 2370. The van der Waals surface area contributed by atoms with Crippen LogP contribution in [0.2, 0.25) is 5.02 Å². The van der Waals surface area contributed by atoms with Gasteiger partial charge in [-0.25, -0.2) is 0 Å². The summed E-state index contributed by atoms with van der Waals surface area (Å²) in [6.45, 7) is 8.50. The highest BCUT2D eigenvalue weighted by atomic mass is 35.5. The van der Waals surface area contributed by atoms with E-state index < -0.39 is 41.5 Å². The molecule has 14 heteroatoms. The fourth-order valence-electron chi connectivity index (χ4n) is 8.58. The minimum Gasteiger partial charge on any atom is -0.492 e. The van der Waals surface area contributed by atoms with Gasteiger partial charge < -0.3 is 42.3 Å². The first-order valence-corrected chi connectivity index (χ1v) is 23.7. The predicted octanol–water partition coefficient (Wildman–Crippen LogP) is 7.77. The topological polar surface area (TPSA) is 221 Å². The third kappa shape index (κ3) is 13.9. The van der Waals surface area contributed by atoms with Gasteiger partial charge >= 0.3 is 0 Å². The number of Topliss-reactive ketones (excluding diaryl/α,β-unsaturated/α-hetero) is 3. The van der Waals surface area contributed by atoms with Gasteiger partial charge in [-0.1, -0.05) is 94.2 Å². The molecule has 67 heavy (non-hydrogen) atoms. The quantitative estimate of drug-likeness (QED) is 0.0310. The fourth-order valence-corrected chi connectivity index (χ4v) is 8.70. The maximum atomic E-state index is 14.9. The van der Waals surface area contributed by atoms with Gasteiger partial charge in [0.25, 0.3) is 0 Å². The molecule has 4 aromatic rings. The number of amides is 2.